The zero-order chi connectivity index (χ0) is 8.97. The maximum absolute atomic E-state index is 8.69. The third kappa shape index (κ3) is 1.86. The monoisotopic (exact) mass is 197 g/mol. The Morgan fingerprint density at radius 3 is 2.67 bits per heavy atom. The second-order valence-electron chi connectivity index (χ2n) is 2.27. The van der Waals surface area contributed by atoms with E-state index in [9.17, 15) is 0 Å². The van der Waals surface area contributed by atoms with Crippen LogP contribution < -0.4 is 0 Å². The molecular weight excluding hydrogens is 190 g/mol. The first-order valence-corrected chi connectivity index (χ1v) is 4.66. The Morgan fingerprint density at radius 2 is 2.17 bits per heavy atom. The fourth-order valence-electron chi connectivity index (χ4n) is 0.937. The van der Waals surface area contributed by atoms with Crippen LogP contribution in [0.5, 0.6) is 0 Å². The van der Waals surface area contributed by atoms with E-state index < -0.39 is 6.10 Å². The van der Waals surface area contributed by atoms with Gasteiger partial charge in [-0.05, 0) is 6.07 Å². The van der Waals surface area contributed by atoms with Gasteiger partial charge >= 0.3 is 0 Å². The molecule has 0 unspecified atom stereocenters. The van der Waals surface area contributed by atoms with Crippen molar-refractivity contribution >= 4 is 22.1 Å². The third-order valence-electron chi connectivity index (χ3n) is 1.54. The summed E-state index contributed by atoms with van der Waals surface area (Å²) in [6.45, 7) is 0. The average Bonchev–Trinajstić information content (AvgIpc) is 2.10. The van der Waals surface area contributed by atoms with Crippen LogP contribution in [0.4, 0.5) is 0 Å². The van der Waals surface area contributed by atoms with E-state index in [0.717, 1.165) is 5.56 Å². The summed E-state index contributed by atoms with van der Waals surface area (Å²) in [5.41, 5.74) is 0.747. The summed E-state index contributed by atoms with van der Waals surface area (Å²) in [6.07, 6.45) is -0.509. The summed E-state index contributed by atoms with van der Waals surface area (Å²) in [5, 5.41) is 9.28. The van der Waals surface area contributed by atoms with Crippen LogP contribution in [0, 0.1) is 11.3 Å². The number of nitrogens with zero attached hydrogens (tertiary/aromatic N) is 1. The molecule has 0 bridgehead atoms. The van der Waals surface area contributed by atoms with E-state index in [0.29, 0.717) is 15.5 Å². The van der Waals surface area contributed by atoms with E-state index in [1.807, 2.05) is 18.2 Å². The van der Waals surface area contributed by atoms with Crippen molar-refractivity contribution in [2.24, 2.45) is 0 Å². The smallest absolute Gasteiger partial charge is 0.159 e. The van der Waals surface area contributed by atoms with Crippen molar-refractivity contribution in [3.63, 3.8) is 0 Å². The molecule has 0 N–H and O–H groups in total. The van der Waals surface area contributed by atoms with Crippen molar-refractivity contribution in [3.8, 4) is 6.07 Å². The lowest BCUT2D eigenvalue weighted by molar-refractivity contribution is 0.290. The molecular formula is C8H8ClNOSi. The fraction of sp³-hybridized carbons (Fsp3) is 0.125. The average molecular weight is 198 g/mol. The van der Waals surface area contributed by atoms with Crippen molar-refractivity contribution < 1.29 is 4.43 Å². The van der Waals surface area contributed by atoms with Gasteiger partial charge in [0.2, 0.25) is 0 Å². The molecule has 0 spiro atoms. The summed E-state index contributed by atoms with van der Waals surface area (Å²) in [4.78, 5) is 0. The quantitative estimate of drug-likeness (QED) is 0.668. The molecule has 0 heterocycles. The SMILES string of the molecule is N#C[C@H](O[SiH3])c1ccccc1Cl. The summed E-state index contributed by atoms with van der Waals surface area (Å²) < 4.78 is 5.06. The van der Waals surface area contributed by atoms with E-state index in [1.54, 1.807) is 12.1 Å². The highest BCUT2D eigenvalue weighted by Gasteiger charge is 2.10. The standard InChI is InChI=1S/C8H8ClNOSi/c9-7-4-2-1-3-6(7)8(5-10)11-12/h1-4,8H,12H3/t8-/m0/s1. The maximum Gasteiger partial charge on any atom is 0.159 e. The van der Waals surface area contributed by atoms with E-state index in [-0.39, 0.29) is 0 Å². The van der Waals surface area contributed by atoms with E-state index in [2.05, 4.69) is 0 Å². The van der Waals surface area contributed by atoms with Gasteiger partial charge in [-0.3, -0.25) is 0 Å². The van der Waals surface area contributed by atoms with Crippen molar-refractivity contribution in [2.75, 3.05) is 0 Å². The van der Waals surface area contributed by atoms with Crippen molar-refractivity contribution in [3.05, 3.63) is 34.9 Å². The Kier molecular flexibility index (Phi) is 3.29. The van der Waals surface area contributed by atoms with Crippen LogP contribution in [0.15, 0.2) is 24.3 Å². The number of nitriles is 1. The Labute approximate surface area is 79.3 Å². The molecule has 0 saturated heterocycles. The summed E-state index contributed by atoms with van der Waals surface area (Å²) in [6, 6.07) is 9.25. The van der Waals surface area contributed by atoms with Gasteiger partial charge < -0.3 is 4.43 Å². The Hall–Kier alpha value is -0.823. The second kappa shape index (κ2) is 4.26. The second-order valence-corrected chi connectivity index (χ2v) is 3.14. The molecule has 0 radical (unpaired) electrons. The van der Waals surface area contributed by atoms with Crippen LogP contribution >= 0.6 is 11.6 Å². The van der Waals surface area contributed by atoms with Gasteiger partial charge in [-0.1, -0.05) is 29.8 Å². The molecule has 1 aromatic carbocycles. The molecule has 12 heavy (non-hydrogen) atoms. The van der Waals surface area contributed by atoms with Crippen molar-refractivity contribution in [1.82, 2.24) is 0 Å². The Balaban J connectivity index is 3.02. The molecule has 0 aromatic heterocycles. The highest BCUT2D eigenvalue weighted by atomic mass is 35.5. The molecule has 1 aromatic rings. The zero-order valence-electron chi connectivity index (χ0n) is 6.62. The molecule has 0 fully saturated rings. The molecule has 0 aliphatic carbocycles. The van der Waals surface area contributed by atoms with E-state index in [1.165, 1.54) is 0 Å². The van der Waals surface area contributed by atoms with Gasteiger partial charge in [-0.2, -0.15) is 5.26 Å². The first-order valence-electron chi connectivity index (χ1n) is 3.46. The van der Waals surface area contributed by atoms with Gasteiger partial charge in [0.05, 0.1) is 6.07 Å². The van der Waals surface area contributed by atoms with E-state index >= 15 is 0 Å². The predicted octanol–water partition coefficient (Wildman–Crippen LogP) is 1.20. The lowest BCUT2D eigenvalue weighted by atomic mass is 10.1. The molecule has 0 aliphatic heterocycles. The summed E-state index contributed by atoms with van der Waals surface area (Å²) in [5.74, 6) is 0. The molecule has 1 atom stereocenters. The van der Waals surface area contributed by atoms with Gasteiger partial charge in [0.15, 0.2) is 6.10 Å². The molecule has 1 rings (SSSR count). The Morgan fingerprint density at radius 1 is 1.50 bits per heavy atom. The molecule has 0 amide bonds. The van der Waals surface area contributed by atoms with Crippen LogP contribution in [0.1, 0.15) is 11.7 Å². The van der Waals surface area contributed by atoms with Gasteiger partial charge in [-0.25, -0.2) is 0 Å². The maximum atomic E-state index is 8.69. The first kappa shape index (κ1) is 9.27. The molecule has 2 nitrogen and oxygen atoms in total. The predicted molar refractivity (Wildman–Crippen MR) is 50.8 cm³/mol. The fourth-order valence-corrected chi connectivity index (χ4v) is 1.53. The minimum absolute atomic E-state index is 0.509. The van der Waals surface area contributed by atoms with Crippen LogP contribution in [0.3, 0.4) is 0 Å². The normalized spacial score (nSPS) is 12.3. The largest absolute Gasteiger partial charge is 0.409 e. The van der Waals surface area contributed by atoms with Crippen LogP contribution in [-0.2, 0) is 4.43 Å². The van der Waals surface area contributed by atoms with Gasteiger partial charge in [0.1, 0.15) is 10.5 Å². The van der Waals surface area contributed by atoms with Gasteiger partial charge in [0.25, 0.3) is 0 Å². The Bertz CT molecular complexity index is 310. The highest BCUT2D eigenvalue weighted by molar-refractivity contribution is 6.31. The number of halogens is 1. The number of hydrogen-bond donors (Lipinski definition) is 0. The topological polar surface area (TPSA) is 33.0 Å². The third-order valence-corrected chi connectivity index (χ3v) is 2.36. The molecule has 4 heteroatoms. The minimum Gasteiger partial charge on any atom is -0.409 e. The molecule has 62 valence electrons. The number of benzene rings is 1. The van der Waals surface area contributed by atoms with Crippen LogP contribution in [0.2, 0.25) is 5.02 Å². The summed E-state index contributed by atoms with van der Waals surface area (Å²) in [7, 11) is 0.533. The van der Waals surface area contributed by atoms with Crippen LogP contribution in [0.25, 0.3) is 0 Å². The highest BCUT2D eigenvalue weighted by Crippen LogP contribution is 2.23. The first-order chi connectivity index (χ1) is 5.79. The minimum atomic E-state index is -0.509. The van der Waals surface area contributed by atoms with E-state index in [4.69, 9.17) is 21.3 Å². The zero-order valence-corrected chi connectivity index (χ0v) is 9.38. The molecule has 0 aliphatic rings. The summed E-state index contributed by atoms with van der Waals surface area (Å²) >= 11 is 5.86. The number of hydrogen-bond acceptors (Lipinski definition) is 2. The lowest BCUT2D eigenvalue weighted by Crippen LogP contribution is -1.99. The van der Waals surface area contributed by atoms with Crippen molar-refractivity contribution in [1.29, 1.82) is 5.26 Å². The van der Waals surface area contributed by atoms with Gasteiger partial charge in [-0.15, -0.1) is 0 Å². The lowest BCUT2D eigenvalue weighted by Gasteiger charge is -2.08. The van der Waals surface area contributed by atoms with Crippen LogP contribution in [-0.4, -0.2) is 10.5 Å². The molecule has 0 saturated carbocycles. The van der Waals surface area contributed by atoms with Gasteiger partial charge in [0, 0.05) is 10.6 Å². The van der Waals surface area contributed by atoms with Crippen molar-refractivity contribution in [2.45, 2.75) is 6.10 Å². The number of rotatable bonds is 2.